The minimum Gasteiger partial charge on any atom is -0.493 e. The van der Waals surface area contributed by atoms with Gasteiger partial charge in [-0.1, -0.05) is 6.07 Å². The van der Waals surface area contributed by atoms with E-state index in [1.54, 1.807) is 0 Å². The summed E-state index contributed by atoms with van der Waals surface area (Å²) in [5.74, 6) is -1.94. The Morgan fingerprint density at radius 3 is 2.90 bits per heavy atom. The second-order valence-corrected chi connectivity index (χ2v) is 3.84. The van der Waals surface area contributed by atoms with Crippen molar-refractivity contribution in [2.75, 3.05) is 25.1 Å². The van der Waals surface area contributed by atoms with Crippen molar-refractivity contribution >= 4 is 17.6 Å². The van der Waals surface area contributed by atoms with Gasteiger partial charge in [-0.2, -0.15) is 0 Å². The summed E-state index contributed by atoms with van der Waals surface area (Å²) in [7, 11) is 0. The zero-order chi connectivity index (χ0) is 14.4. The van der Waals surface area contributed by atoms with E-state index in [9.17, 15) is 14.0 Å². The number of rotatable bonds is 4. The lowest BCUT2D eigenvalue weighted by atomic mass is 10.3. The Kier molecular flexibility index (Phi) is 4.54. The third-order valence-electron chi connectivity index (χ3n) is 2.29. The molecule has 6 nitrogen and oxygen atoms in total. The average Bonchev–Trinajstić information content (AvgIpc) is 2.46. The standard InChI is InChI=1S/C13H12FNO5/c14-9-2-1-3-10(6-9)15-12(16)8-20-13(17)11-7-18-4-5-19-11/h1-3,6-7H,4-5,8H2,(H,15,16). The van der Waals surface area contributed by atoms with Crippen LogP contribution >= 0.6 is 0 Å². The number of ether oxygens (including phenoxy) is 3. The minimum absolute atomic E-state index is 0.0881. The second kappa shape index (κ2) is 6.55. The van der Waals surface area contributed by atoms with E-state index in [0.717, 1.165) is 12.3 Å². The summed E-state index contributed by atoms with van der Waals surface area (Å²) in [5.41, 5.74) is 0.280. The minimum atomic E-state index is -0.793. The van der Waals surface area contributed by atoms with Gasteiger partial charge in [0.2, 0.25) is 5.76 Å². The van der Waals surface area contributed by atoms with E-state index < -0.39 is 24.3 Å². The van der Waals surface area contributed by atoms with Crippen molar-refractivity contribution in [3.63, 3.8) is 0 Å². The van der Waals surface area contributed by atoms with Gasteiger partial charge in [-0.15, -0.1) is 0 Å². The molecule has 0 radical (unpaired) electrons. The molecule has 0 atom stereocenters. The van der Waals surface area contributed by atoms with Crippen molar-refractivity contribution in [2.24, 2.45) is 0 Å². The van der Waals surface area contributed by atoms with Crippen LogP contribution in [0.5, 0.6) is 0 Å². The molecule has 0 fully saturated rings. The van der Waals surface area contributed by atoms with E-state index in [4.69, 9.17) is 14.2 Å². The topological polar surface area (TPSA) is 73.9 Å². The molecule has 1 heterocycles. The van der Waals surface area contributed by atoms with Crippen molar-refractivity contribution in [1.82, 2.24) is 0 Å². The highest BCUT2D eigenvalue weighted by atomic mass is 19.1. The Morgan fingerprint density at radius 2 is 2.20 bits per heavy atom. The molecule has 0 bridgehead atoms. The number of esters is 1. The van der Waals surface area contributed by atoms with Gasteiger partial charge in [0.25, 0.3) is 5.91 Å². The molecule has 0 unspecified atom stereocenters. The lowest BCUT2D eigenvalue weighted by Gasteiger charge is -2.14. The molecule has 1 amide bonds. The molecule has 0 spiro atoms. The SMILES string of the molecule is O=C(COC(=O)C1=COCCO1)Nc1cccc(F)c1. The fourth-order valence-electron chi connectivity index (χ4n) is 1.44. The van der Waals surface area contributed by atoms with Gasteiger partial charge in [0.1, 0.15) is 25.3 Å². The zero-order valence-electron chi connectivity index (χ0n) is 10.4. The normalized spacial score (nSPS) is 13.6. The van der Waals surface area contributed by atoms with Gasteiger partial charge in [0.15, 0.2) is 6.61 Å². The van der Waals surface area contributed by atoms with Gasteiger partial charge >= 0.3 is 5.97 Å². The summed E-state index contributed by atoms with van der Waals surface area (Å²) < 4.78 is 27.5. The van der Waals surface area contributed by atoms with Crippen LogP contribution in [0.2, 0.25) is 0 Å². The first-order valence-corrected chi connectivity index (χ1v) is 5.82. The third-order valence-corrected chi connectivity index (χ3v) is 2.29. The van der Waals surface area contributed by atoms with E-state index in [0.29, 0.717) is 6.61 Å². The number of amides is 1. The molecule has 0 aromatic heterocycles. The molecule has 2 rings (SSSR count). The molecule has 1 aliphatic rings. The molecule has 1 N–H and O–H groups in total. The number of halogens is 1. The molecule has 0 aliphatic carbocycles. The quantitative estimate of drug-likeness (QED) is 0.839. The van der Waals surface area contributed by atoms with E-state index in [2.05, 4.69) is 5.32 Å². The Bertz CT molecular complexity index is 543. The van der Waals surface area contributed by atoms with Crippen molar-refractivity contribution in [3.8, 4) is 0 Å². The number of carbonyl (C=O) groups excluding carboxylic acids is 2. The summed E-state index contributed by atoms with van der Waals surface area (Å²) in [5, 5.41) is 2.39. The summed E-state index contributed by atoms with van der Waals surface area (Å²) in [6.45, 7) is 0.101. The predicted octanol–water partition coefficient (Wildman–Crippen LogP) is 1.20. The Hall–Kier alpha value is -2.57. The van der Waals surface area contributed by atoms with E-state index in [1.165, 1.54) is 18.2 Å². The zero-order valence-corrected chi connectivity index (χ0v) is 10.4. The van der Waals surface area contributed by atoms with Crippen molar-refractivity contribution < 1.29 is 28.2 Å². The molecule has 1 aliphatic heterocycles. The highest BCUT2D eigenvalue weighted by Crippen LogP contribution is 2.09. The fraction of sp³-hybridized carbons (Fsp3) is 0.231. The molecule has 0 saturated carbocycles. The van der Waals surface area contributed by atoms with Crippen LogP contribution in [-0.2, 0) is 23.8 Å². The van der Waals surface area contributed by atoms with Crippen LogP contribution in [0.15, 0.2) is 36.3 Å². The van der Waals surface area contributed by atoms with E-state index in [-0.39, 0.29) is 18.1 Å². The van der Waals surface area contributed by atoms with Crippen LogP contribution in [0.1, 0.15) is 0 Å². The molecule has 1 aromatic carbocycles. The smallest absolute Gasteiger partial charge is 0.377 e. The lowest BCUT2D eigenvalue weighted by Crippen LogP contribution is -2.23. The Balaban J connectivity index is 1.80. The van der Waals surface area contributed by atoms with Gasteiger partial charge in [-0.25, -0.2) is 9.18 Å². The maximum absolute atomic E-state index is 12.9. The number of benzene rings is 1. The summed E-state index contributed by atoms with van der Waals surface area (Å²) in [6.07, 6.45) is 1.14. The molecule has 0 saturated heterocycles. The van der Waals surface area contributed by atoms with Crippen molar-refractivity contribution in [3.05, 3.63) is 42.1 Å². The largest absolute Gasteiger partial charge is 0.493 e. The number of anilines is 1. The Morgan fingerprint density at radius 1 is 1.35 bits per heavy atom. The predicted molar refractivity (Wildman–Crippen MR) is 66.0 cm³/mol. The van der Waals surface area contributed by atoms with Crippen molar-refractivity contribution in [2.45, 2.75) is 0 Å². The first kappa shape index (κ1) is 13.9. The average molecular weight is 281 g/mol. The van der Waals surface area contributed by atoms with Gasteiger partial charge in [0.05, 0.1) is 0 Å². The number of hydrogen-bond donors (Lipinski definition) is 1. The van der Waals surface area contributed by atoms with Crippen LogP contribution < -0.4 is 5.32 Å². The van der Waals surface area contributed by atoms with Crippen LogP contribution in [0.4, 0.5) is 10.1 Å². The summed E-state index contributed by atoms with van der Waals surface area (Å²) >= 11 is 0. The van der Waals surface area contributed by atoms with Crippen LogP contribution in [0.3, 0.4) is 0 Å². The first-order chi connectivity index (χ1) is 9.65. The Labute approximate surface area is 114 Å². The van der Waals surface area contributed by atoms with Crippen LogP contribution in [-0.4, -0.2) is 31.7 Å². The second-order valence-electron chi connectivity index (χ2n) is 3.84. The third kappa shape index (κ3) is 3.98. The molecular weight excluding hydrogens is 269 g/mol. The lowest BCUT2D eigenvalue weighted by molar-refractivity contribution is -0.148. The van der Waals surface area contributed by atoms with Gasteiger partial charge in [-0.05, 0) is 18.2 Å². The monoisotopic (exact) mass is 281 g/mol. The molecule has 7 heteroatoms. The summed E-state index contributed by atoms with van der Waals surface area (Å²) in [4.78, 5) is 23.0. The van der Waals surface area contributed by atoms with Gasteiger partial charge in [0, 0.05) is 5.69 Å². The number of hydrogen-bond acceptors (Lipinski definition) is 5. The summed E-state index contributed by atoms with van der Waals surface area (Å²) in [6, 6.07) is 5.38. The molecular formula is C13H12FNO5. The van der Waals surface area contributed by atoms with Gasteiger partial charge < -0.3 is 19.5 Å². The maximum Gasteiger partial charge on any atom is 0.377 e. The number of carbonyl (C=O) groups is 2. The van der Waals surface area contributed by atoms with Gasteiger partial charge in [-0.3, -0.25) is 4.79 Å². The first-order valence-electron chi connectivity index (χ1n) is 5.82. The van der Waals surface area contributed by atoms with Crippen LogP contribution in [0, 0.1) is 5.82 Å². The fourth-order valence-corrected chi connectivity index (χ4v) is 1.44. The van der Waals surface area contributed by atoms with Crippen molar-refractivity contribution in [1.29, 1.82) is 0 Å². The molecule has 1 aromatic rings. The molecule has 106 valence electrons. The maximum atomic E-state index is 12.9. The van der Waals surface area contributed by atoms with Crippen LogP contribution in [0.25, 0.3) is 0 Å². The number of nitrogens with one attached hydrogen (secondary N) is 1. The highest BCUT2D eigenvalue weighted by molar-refractivity contribution is 5.94. The molecule has 20 heavy (non-hydrogen) atoms. The van der Waals surface area contributed by atoms with E-state index >= 15 is 0 Å². The van der Waals surface area contributed by atoms with E-state index in [1.807, 2.05) is 0 Å². The highest BCUT2D eigenvalue weighted by Gasteiger charge is 2.17.